The summed E-state index contributed by atoms with van der Waals surface area (Å²) in [4.78, 5) is 8.75. The summed E-state index contributed by atoms with van der Waals surface area (Å²) in [6.45, 7) is 0. The number of hydrogen-bond donors (Lipinski definition) is 2. The van der Waals surface area contributed by atoms with Gasteiger partial charge >= 0.3 is 0 Å². The second kappa shape index (κ2) is 5.38. The standard InChI is InChI=1S/C15H10BrN5/c16-10-5-6-11(9(7-10)8-17)20-15-14(18)19-12-3-1-2-4-13(12)21-15/h1-7H,(H2,18,19)(H,20,21). The van der Waals surface area contributed by atoms with Crippen LogP contribution in [-0.4, -0.2) is 9.97 Å². The maximum absolute atomic E-state index is 9.18. The summed E-state index contributed by atoms with van der Waals surface area (Å²) in [7, 11) is 0. The van der Waals surface area contributed by atoms with E-state index in [1.165, 1.54) is 0 Å². The number of nitrogens with one attached hydrogen (secondary N) is 1. The van der Waals surface area contributed by atoms with Gasteiger partial charge in [0.05, 0.1) is 22.3 Å². The summed E-state index contributed by atoms with van der Waals surface area (Å²) in [5, 5.41) is 12.3. The molecule has 3 rings (SSSR count). The minimum absolute atomic E-state index is 0.292. The molecule has 0 aliphatic carbocycles. The van der Waals surface area contributed by atoms with Gasteiger partial charge in [0.15, 0.2) is 11.6 Å². The van der Waals surface area contributed by atoms with E-state index in [-0.39, 0.29) is 0 Å². The Labute approximate surface area is 129 Å². The van der Waals surface area contributed by atoms with Crippen LogP contribution in [0.1, 0.15) is 5.56 Å². The van der Waals surface area contributed by atoms with Crippen molar-refractivity contribution in [2.75, 3.05) is 11.1 Å². The minimum Gasteiger partial charge on any atom is -0.381 e. The van der Waals surface area contributed by atoms with Gasteiger partial charge in [0.2, 0.25) is 0 Å². The zero-order valence-corrected chi connectivity index (χ0v) is 12.4. The van der Waals surface area contributed by atoms with Crippen LogP contribution in [0, 0.1) is 11.3 Å². The maximum atomic E-state index is 9.18. The Balaban J connectivity index is 2.06. The number of benzene rings is 2. The molecule has 0 aliphatic heterocycles. The first-order valence-electron chi connectivity index (χ1n) is 6.16. The number of nitriles is 1. The molecule has 0 radical (unpaired) electrons. The van der Waals surface area contributed by atoms with Crippen LogP contribution in [0.4, 0.5) is 17.3 Å². The second-order valence-electron chi connectivity index (χ2n) is 4.37. The molecule has 0 aliphatic rings. The van der Waals surface area contributed by atoms with E-state index in [0.29, 0.717) is 22.9 Å². The molecule has 0 unspecified atom stereocenters. The molecule has 1 heterocycles. The molecule has 0 fully saturated rings. The zero-order chi connectivity index (χ0) is 14.8. The molecule has 0 atom stereocenters. The lowest BCUT2D eigenvalue weighted by molar-refractivity contribution is 1.28. The minimum atomic E-state index is 0.292. The van der Waals surface area contributed by atoms with Gasteiger partial charge in [-0.25, -0.2) is 9.97 Å². The number of fused-ring (bicyclic) bond motifs is 1. The van der Waals surface area contributed by atoms with Crippen molar-refractivity contribution in [3.8, 4) is 6.07 Å². The van der Waals surface area contributed by atoms with Crippen molar-refractivity contribution in [1.29, 1.82) is 5.26 Å². The molecule has 3 aromatic rings. The molecule has 1 aromatic heterocycles. The Kier molecular flexibility index (Phi) is 3.42. The number of aromatic nitrogens is 2. The summed E-state index contributed by atoms with van der Waals surface area (Å²) in [6, 6.07) is 15.0. The first-order chi connectivity index (χ1) is 10.2. The molecule has 0 saturated carbocycles. The van der Waals surface area contributed by atoms with E-state index in [2.05, 4.69) is 37.3 Å². The van der Waals surface area contributed by atoms with Crippen LogP contribution < -0.4 is 11.1 Å². The van der Waals surface area contributed by atoms with Crippen molar-refractivity contribution in [2.24, 2.45) is 0 Å². The van der Waals surface area contributed by atoms with Gasteiger partial charge in [0.1, 0.15) is 6.07 Å². The smallest absolute Gasteiger partial charge is 0.174 e. The summed E-state index contributed by atoms with van der Waals surface area (Å²) >= 11 is 3.34. The monoisotopic (exact) mass is 339 g/mol. The lowest BCUT2D eigenvalue weighted by Gasteiger charge is -2.10. The lowest BCUT2D eigenvalue weighted by atomic mass is 10.2. The maximum Gasteiger partial charge on any atom is 0.174 e. The van der Waals surface area contributed by atoms with Crippen LogP contribution in [0.2, 0.25) is 0 Å². The summed E-state index contributed by atoms with van der Waals surface area (Å²) in [6.07, 6.45) is 0. The first kappa shape index (κ1) is 13.3. The molecule has 5 nitrogen and oxygen atoms in total. The van der Waals surface area contributed by atoms with Crippen molar-refractivity contribution in [2.45, 2.75) is 0 Å². The van der Waals surface area contributed by atoms with Gasteiger partial charge in [0.25, 0.3) is 0 Å². The Morgan fingerprint density at radius 2 is 1.81 bits per heavy atom. The number of para-hydroxylation sites is 2. The quantitative estimate of drug-likeness (QED) is 0.744. The average Bonchev–Trinajstić information content (AvgIpc) is 2.49. The van der Waals surface area contributed by atoms with Crippen molar-refractivity contribution in [3.05, 3.63) is 52.5 Å². The predicted molar refractivity (Wildman–Crippen MR) is 86.1 cm³/mol. The van der Waals surface area contributed by atoms with Crippen molar-refractivity contribution < 1.29 is 0 Å². The normalized spacial score (nSPS) is 10.3. The zero-order valence-electron chi connectivity index (χ0n) is 10.8. The highest BCUT2D eigenvalue weighted by atomic mass is 79.9. The van der Waals surface area contributed by atoms with E-state index < -0.39 is 0 Å². The number of anilines is 3. The number of nitrogen functional groups attached to an aromatic ring is 1. The predicted octanol–water partition coefficient (Wildman–Crippen LogP) is 3.59. The largest absolute Gasteiger partial charge is 0.381 e. The molecule has 3 N–H and O–H groups in total. The van der Waals surface area contributed by atoms with Crippen LogP contribution in [-0.2, 0) is 0 Å². The van der Waals surface area contributed by atoms with E-state index >= 15 is 0 Å². The molecule has 6 heteroatoms. The number of halogens is 1. The Morgan fingerprint density at radius 1 is 1.10 bits per heavy atom. The van der Waals surface area contributed by atoms with Gasteiger partial charge in [-0.2, -0.15) is 5.26 Å². The number of rotatable bonds is 2. The van der Waals surface area contributed by atoms with Gasteiger partial charge < -0.3 is 11.1 Å². The molecule has 2 aromatic carbocycles. The van der Waals surface area contributed by atoms with Crippen LogP contribution in [0.3, 0.4) is 0 Å². The van der Waals surface area contributed by atoms with E-state index in [4.69, 9.17) is 5.73 Å². The van der Waals surface area contributed by atoms with Gasteiger partial charge in [-0.05, 0) is 30.3 Å². The fraction of sp³-hybridized carbons (Fsp3) is 0. The molecule has 102 valence electrons. The van der Waals surface area contributed by atoms with Gasteiger partial charge in [-0.1, -0.05) is 28.1 Å². The first-order valence-corrected chi connectivity index (χ1v) is 6.95. The molecule has 21 heavy (non-hydrogen) atoms. The van der Waals surface area contributed by atoms with Crippen LogP contribution in [0.15, 0.2) is 46.9 Å². The average molecular weight is 340 g/mol. The molecule has 0 saturated heterocycles. The van der Waals surface area contributed by atoms with Crippen molar-refractivity contribution >= 4 is 44.3 Å². The van der Waals surface area contributed by atoms with Crippen LogP contribution in [0.25, 0.3) is 11.0 Å². The topological polar surface area (TPSA) is 87.6 Å². The fourth-order valence-electron chi connectivity index (χ4n) is 1.95. The summed E-state index contributed by atoms with van der Waals surface area (Å²) in [5.74, 6) is 0.730. The van der Waals surface area contributed by atoms with Gasteiger partial charge in [0, 0.05) is 4.47 Å². The molecule has 0 bridgehead atoms. The SMILES string of the molecule is N#Cc1cc(Br)ccc1Nc1nc2ccccc2nc1N. The number of hydrogen-bond acceptors (Lipinski definition) is 5. The molecular weight excluding hydrogens is 330 g/mol. The number of nitrogens with zero attached hydrogens (tertiary/aromatic N) is 3. The van der Waals surface area contributed by atoms with Crippen LogP contribution >= 0.6 is 15.9 Å². The van der Waals surface area contributed by atoms with Crippen LogP contribution in [0.5, 0.6) is 0 Å². The third-order valence-electron chi connectivity index (χ3n) is 2.95. The van der Waals surface area contributed by atoms with E-state index in [9.17, 15) is 5.26 Å². The Morgan fingerprint density at radius 3 is 2.52 bits per heavy atom. The highest BCUT2D eigenvalue weighted by Crippen LogP contribution is 2.26. The van der Waals surface area contributed by atoms with Crippen molar-refractivity contribution in [1.82, 2.24) is 9.97 Å². The third-order valence-corrected chi connectivity index (χ3v) is 3.45. The van der Waals surface area contributed by atoms with E-state index in [1.54, 1.807) is 12.1 Å². The van der Waals surface area contributed by atoms with E-state index in [1.807, 2.05) is 30.3 Å². The van der Waals surface area contributed by atoms with Crippen molar-refractivity contribution in [3.63, 3.8) is 0 Å². The highest BCUT2D eigenvalue weighted by molar-refractivity contribution is 9.10. The fourth-order valence-corrected chi connectivity index (χ4v) is 2.31. The lowest BCUT2D eigenvalue weighted by Crippen LogP contribution is -2.03. The van der Waals surface area contributed by atoms with Gasteiger partial charge in [-0.3, -0.25) is 0 Å². The summed E-state index contributed by atoms with van der Waals surface area (Å²) < 4.78 is 0.835. The van der Waals surface area contributed by atoms with Gasteiger partial charge in [-0.15, -0.1) is 0 Å². The second-order valence-corrected chi connectivity index (χ2v) is 5.29. The third kappa shape index (κ3) is 2.64. The molecule has 0 spiro atoms. The summed E-state index contributed by atoms with van der Waals surface area (Å²) in [5.41, 5.74) is 8.54. The number of nitrogens with two attached hydrogens (primary N) is 1. The molecule has 0 amide bonds. The van der Waals surface area contributed by atoms with E-state index in [0.717, 1.165) is 15.5 Å². The molecular formula is C15H10BrN5. The highest BCUT2D eigenvalue weighted by Gasteiger charge is 2.09. The Bertz CT molecular complexity index is 870. The Hall–Kier alpha value is -2.65.